The van der Waals surface area contributed by atoms with E-state index in [4.69, 9.17) is 16.3 Å². The highest BCUT2D eigenvalue weighted by molar-refractivity contribution is 6.30. The van der Waals surface area contributed by atoms with E-state index < -0.39 is 0 Å². The molecular formula is C16H24ClNO. The summed E-state index contributed by atoms with van der Waals surface area (Å²) in [6, 6.07) is 8.51. The Bertz CT molecular complexity index is 417. The summed E-state index contributed by atoms with van der Waals surface area (Å²) in [7, 11) is 2.05. The van der Waals surface area contributed by atoms with Crippen molar-refractivity contribution in [2.75, 3.05) is 7.05 Å². The third-order valence-corrected chi connectivity index (χ3v) is 5.03. The highest BCUT2D eigenvalue weighted by atomic mass is 35.5. The minimum absolute atomic E-state index is 0.299. The van der Waals surface area contributed by atoms with Crippen LogP contribution in [0.15, 0.2) is 24.3 Å². The minimum Gasteiger partial charge on any atom is -0.373 e. The van der Waals surface area contributed by atoms with E-state index in [2.05, 4.69) is 32.3 Å². The van der Waals surface area contributed by atoms with Gasteiger partial charge in [-0.1, -0.05) is 37.6 Å². The monoisotopic (exact) mass is 281 g/mol. The Balaban J connectivity index is 1.96. The van der Waals surface area contributed by atoms with E-state index in [0.29, 0.717) is 24.2 Å². The lowest BCUT2D eigenvalue weighted by Crippen LogP contribution is -2.62. The fourth-order valence-electron chi connectivity index (χ4n) is 3.41. The van der Waals surface area contributed by atoms with Gasteiger partial charge in [0.1, 0.15) is 0 Å². The molecule has 1 saturated carbocycles. The van der Waals surface area contributed by atoms with Gasteiger partial charge in [0.2, 0.25) is 0 Å². The van der Waals surface area contributed by atoms with Gasteiger partial charge in [0, 0.05) is 16.5 Å². The fraction of sp³-hybridized carbons (Fsp3) is 0.625. The number of hydrogen-bond acceptors (Lipinski definition) is 2. The van der Waals surface area contributed by atoms with Gasteiger partial charge < -0.3 is 10.1 Å². The van der Waals surface area contributed by atoms with E-state index in [-0.39, 0.29) is 0 Å². The lowest BCUT2D eigenvalue weighted by atomic mass is 9.58. The quantitative estimate of drug-likeness (QED) is 0.850. The van der Waals surface area contributed by atoms with Crippen LogP contribution in [0.2, 0.25) is 5.02 Å². The zero-order chi connectivity index (χ0) is 13.9. The maximum Gasteiger partial charge on any atom is 0.0721 e. The lowest BCUT2D eigenvalue weighted by molar-refractivity contribution is -0.145. The molecule has 1 aliphatic carbocycles. The molecule has 3 heteroatoms. The summed E-state index contributed by atoms with van der Waals surface area (Å²) in [5, 5.41) is 4.21. The molecule has 1 aromatic carbocycles. The van der Waals surface area contributed by atoms with Crippen LogP contribution < -0.4 is 5.32 Å². The second-order valence-corrected chi connectivity index (χ2v) is 5.88. The molecule has 0 amide bonds. The van der Waals surface area contributed by atoms with Crippen LogP contribution in [-0.4, -0.2) is 19.2 Å². The molecule has 0 heterocycles. The Labute approximate surface area is 121 Å². The number of rotatable bonds is 6. The van der Waals surface area contributed by atoms with Crippen molar-refractivity contribution in [2.45, 2.75) is 51.9 Å². The van der Waals surface area contributed by atoms with Crippen LogP contribution in [0.3, 0.4) is 0 Å². The number of benzene rings is 1. The van der Waals surface area contributed by atoms with Crippen molar-refractivity contribution >= 4 is 11.6 Å². The van der Waals surface area contributed by atoms with Crippen LogP contribution in [0, 0.1) is 5.41 Å². The molecule has 1 N–H and O–H groups in total. The SMILES string of the molecule is CCC1(CC)C(NC)CC1OCc1cccc(Cl)c1. The third-order valence-electron chi connectivity index (χ3n) is 4.79. The average molecular weight is 282 g/mol. The summed E-state index contributed by atoms with van der Waals surface area (Å²) in [6.07, 6.45) is 3.79. The number of nitrogens with one attached hydrogen (secondary N) is 1. The molecule has 2 atom stereocenters. The number of halogens is 1. The van der Waals surface area contributed by atoms with Crippen molar-refractivity contribution in [3.8, 4) is 0 Å². The van der Waals surface area contributed by atoms with Gasteiger partial charge in [-0.3, -0.25) is 0 Å². The smallest absolute Gasteiger partial charge is 0.0721 e. The Morgan fingerprint density at radius 1 is 1.37 bits per heavy atom. The molecule has 2 nitrogen and oxygen atoms in total. The van der Waals surface area contributed by atoms with Crippen LogP contribution in [0.5, 0.6) is 0 Å². The highest BCUT2D eigenvalue weighted by Gasteiger charge is 2.52. The topological polar surface area (TPSA) is 21.3 Å². The summed E-state index contributed by atoms with van der Waals surface area (Å²) in [6.45, 7) is 5.19. The van der Waals surface area contributed by atoms with Gasteiger partial charge in [-0.15, -0.1) is 0 Å². The van der Waals surface area contributed by atoms with E-state index in [1.165, 1.54) is 0 Å². The largest absolute Gasteiger partial charge is 0.373 e. The molecule has 0 bridgehead atoms. The summed E-state index contributed by atoms with van der Waals surface area (Å²) in [4.78, 5) is 0. The normalized spacial score (nSPS) is 25.1. The van der Waals surface area contributed by atoms with Crippen molar-refractivity contribution in [3.05, 3.63) is 34.9 Å². The zero-order valence-electron chi connectivity index (χ0n) is 12.1. The van der Waals surface area contributed by atoms with Gasteiger partial charge in [-0.25, -0.2) is 0 Å². The molecule has 1 aromatic rings. The Morgan fingerprint density at radius 2 is 2.11 bits per heavy atom. The maximum absolute atomic E-state index is 6.15. The van der Waals surface area contributed by atoms with Crippen LogP contribution >= 0.6 is 11.6 Å². The summed E-state index contributed by atoms with van der Waals surface area (Å²) < 4.78 is 6.15. The predicted octanol–water partition coefficient (Wildman–Crippen LogP) is 4.02. The second-order valence-electron chi connectivity index (χ2n) is 5.45. The first-order valence-corrected chi connectivity index (χ1v) is 7.57. The summed E-state index contributed by atoms with van der Waals surface area (Å²) in [5.74, 6) is 0. The molecule has 1 aliphatic rings. The van der Waals surface area contributed by atoms with E-state index in [9.17, 15) is 0 Å². The van der Waals surface area contributed by atoms with Gasteiger partial charge in [0.25, 0.3) is 0 Å². The third kappa shape index (κ3) is 2.81. The van der Waals surface area contributed by atoms with Gasteiger partial charge >= 0.3 is 0 Å². The van der Waals surface area contributed by atoms with E-state index in [1.807, 2.05) is 18.2 Å². The fourth-order valence-corrected chi connectivity index (χ4v) is 3.62. The molecule has 0 aromatic heterocycles. The molecule has 2 rings (SSSR count). The van der Waals surface area contributed by atoms with Gasteiger partial charge in [-0.2, -0.15) is 0 Å². The van der Waals surface area contributed by atoms with Crippen LogP contribution in [-0.2, 0) is 11.3 Å². The van der Waals surface area contributed by atoms with Crippen molar-refractivity contribution in [1.82, 2.24) is 5.32 Å². The Morgan fingerprint density at radius 3 is 2.68 bits per heavy atom. The molecule has 1 fully saturated rings. The molecule has 2 unspecified atom stereocenters. The van der Waals surface area contributed by atoms with Crippen LogP contribution in [0.4, 0.5) is 0 Å². The summed E-state index contributed by atoms with van der Waals surface area (Å²) in [5.41, 5.74) is 1.45. The van der Waals surface area contributed by atoms with E-state index >= 15 is 0 Å². The molecule has 0 radical (unpaired) electrons. The van der Waals surface area contributed by atoms with E-state index in [0.717, 1.165) is 29.8 Å². The van der Waals surface area contributed by atoms with Crippen LogP contribution in [0.25, 0.3) is 0 Å². The molecule has 19 heavy (non-hydrogen) atoms. The zero-order valence-corrected chi connectivity index (χ0v) is 12.8. The van der Waals surface area contributed by atoms with Crippen LogP contribution in [0.1, 0.15) is 38.7 Å². The van der Waals surface area contributed by atoms with Gasteiger partial charge in [0.15, 0.2) is 0 Å². The van der Waals surface area contributed by atoms with E-state index in [1.54, 1.807) is 0 Å². The van der Waals surface area contributed by atoms with Gasteiger partial charge in [-0.05, 0) is 44.0 Å². The Kier molecular flexibility index (Phi) is 4.88. The lowest BCUT2D eigenvalue weighted by Gasteiger charge is -2.55. The van der Waals surface area contributed by atoms with Crippen molar-refractivity contribution in [1.29, 1.82) is 0 Å². The molecule has 0 saturated heterocycles. The van der Waals surface area contributed by atoms with Crippen molar-refractivity contribution in [2.24, 2.45) is 5.41 Å². The number of ether oxygens (including phenoxy) is 1. The molecule has 0 spiro atoms. The first kappa shape index (κ1) is 14.8. The highest BCUT2D eigenvalue weighted by Crippen LogP contribution is 2.48. The first-order valence-electron chi connectivity index (χ1n) is 7.19. The molecule has 0 aliphatic heterocycles. The van der Waals surface area contributed by atoms with Crippen molar-refractivity contribution in [3.63, 3.8) is 0 Å². The molecule has 106 valence electrons. The van der Waals surface area contributed by atoms with Gasteiger partial charge in [0.05, 0.1) is 12.7 Å². The van der Waals surface area contributed by atoms with Crippen molar-refractivity contribution < 1.29 is 4.74 Å². The first-order chi connectivity index (χ1) is 9.16. The maximum atomic E-state index is 6.15. The minimum atomic E-state index is 0.299. The Hall–Kier alpha value is -0.570. The standard InChI is InChI=1S/C16H24ClNO/c1-4-16(5-2)14(18-3)10-15(16)19-11-12-7-6-8-13(17)9-12/h6-9,14-15,18H,4-5,10-11H2,1-3H3. The average Bonchev–Trinajstić information content (AvgIpc) is 2.39. The summed E-state index contributed by atoms with van der Waals surface area (Å²) >= 11 is 6.00. The predicted molar refractivity (Wildman–Crippen MR) is 80.5 cm³/mol. The molecular weight excluding hydrogens is 258 g/mol. The number of hydrogen-bond donors (Lipinski definition) is 1. The second kappa shape index (κ2) is 6.25.